The van der Waals surface area contributed by atoms with Crippen LogP contribution in [0.15, 0.2) is 11.6 Å². The number of nitrogens with one attached hydrogen (secondary N) is 2. The number of ketones is 1. The maximum atomic E-state index is 12.9. The van der Waals surface area contributed by atoms with Crippen LogP contribution in [-0.4, -0.2) is 29.2 Å². The molecule has 2 amide bonds. The molecule has 160 valence electrons. The molecule has 0 aromatic rings. The van der Waals surface area contributed by atoms with Crippen molar-refractivity contribution in [3.63, 3.8) is 0 Å². The molecule has 3 fully saturated rings. The van der Waals surface area contributed by atoms with E-state index < -0.39 is 11.4 Å². The number of carbonyl (C=O) groups excluding carboxylic acids is 3. The Morgan fingerprint density at radius 2 is 1.83 bits per heavy atom. The van der Waals surface area contributed by atoms with E-state index in [1.807, 2.05) is 6.08 Å². The van der Waals surface area contributed by atoms with Crippen molar-refractivity contribution in [1.29, 1.82) is 0 Å². The van der Waals surface area contributed by atoms with Crippen LogP contribution in [-0.2, 0) is 14.4 Å². The third-order valence-electron chi connectivity index (χ3n) is 9.11. The Morgan fingerprint density at radius 1 is 1.10 bits per heavy atom. The Kier molecular flexibility index (Phi) is 4.75. The van der Waals surface area contributed by atoms with Gasteiger partial charge in [-0.3, -0.25) is 14.4 Å². The minimum Gasteiger partial charge on any atom is -0.348 e. The number of Topliss-reactive ketones (excluding diaryl/α,β-unsaturated/α-hetero) is 1. The zero-order valence-electron chi connectivity index (χ0n) is 18.6. The molecule has 3 saturated carbocycles. The molecule has 4 aliphatic rings. The zero-order valence-corrected chi connectivity index (χ0v) is 18.6. The molecule has 1 heterocycles. The van der Waals surface area contributed by atoms with E-state index in [1.165, 1.54) is 45.4 Å². The second kappa shape index (κ2) is 6.68. The maximum Gasteiger partial charge on any atom is 0.257 e. The Labute approximate surface area is 174 Å². The summed E-state index contributed by atoms with van der Waals surface area (Å²) in [4.78, 5) is 37.5. The van der Waals surface area contributed by atoms with Gasteiger partial charge in [0.1, 0.15) is 5.57 Å². The molecular formula is C24H36N2O3. The minimum absolute atomic E-state index is 0.0966. The SMILES string of the molecule is CC(=O)C(C)(C)NC(=O)C1=C[C@@]2(C)C(CC[C@@H]3[C@H]2CC[C@]2(C)CCC[C@@H]32)NC1=O. The highest BCUT2D eigenvalue weighted by Gasteiger charge is 2.58. The van der Waals surface area contributed by atoms with Crippen molar-refractivity contribution >= 4 is 17.6 Å². The molecule has 1 unspecified atom stereocenters. The van der Waals surface area contributed by atoms with Gasteiger partial charge in [-0.15, -0.1) is 0 Å². The van der Waals surface area contributed by atoms with E-state index in [-0.39, 0.29) is 28.7 Å². The van der Waals surface area contributed by atoms with Crippen molar-refractivity contribution < 1.29 is 14.4 Å². The van der Waals surface area contributed by atoms with Crippen LogP contribution >= 0.6 is 0 Å². The van der Waals surface area contributed by atoms with Crippen LogP contribution in [0.1, 0.15) is 79.6 Å². The normalized spacial score (nSPS) is 41.4. The van der Waals surface area contributed by atoms with E-state index in [9.17, 15) is 14.4 Å². The van der Waals surface area contributed by atoms with Gasteiger partial charge in [-0.2, -0.15) is 0 Å². The highest BCUT2D eigenvalue weighted by Crippen LogP contribution is 2.63. The van der Waals surface area contributed by atoms with Gasteiger partial charge < -0.3 is 10.6 Å². The van der Waals surface area contributed by atoms with Crippen LogP contribution in [0.3, 0.4) is 0 Å². The van der Waals surface area contributed by atoms with Crippen LogP contribution in [0.2, 0.25) is 0 Å². The van der Waals surface area contributed by atoms with E-state index in [0.29, 0.717) is 17.3 Å². The molecule has 4 rings (SSSR count). The molecule has 3 aliphatic carbocycles. The molecule has 0 aromatic heterocycles. The number of hydrogen-bond acceptors (Lipinski definition) is 3. The summed E-state index contributed by atoms with van der Waals surface area (Å²) < 4.78 is 0. The molecular weight excluding hydrogens is 364 g/mol. The first kappa shape index (κ1) is 20.6. The van der Waals surface area contributed by atoms with Gasteiger partial charge in [0.25, 0.3) is 11.8 Å². The predicted octanol–water partition coefficient (Wildman–Crippen LogP) is 3.53. The quantitative estimate of drug-likeness (QED) is 0.712. The zero-order chi connectivity index (χ0) is 21.2. The van der Waals surface area contributed by atoms with Gasteiger partial charge in [0.05, 0.1) is 5.54 Å². The number of amides is 2. The average molecular weight is 401 g/mol. The Bertz CT molecular complexity index is 785. The molecule has 0 saturated heterocycles. The number of fused-ring (bicyclic) bond motifs is 5. The van der Waals surface area contributed by atoms with Crippen molar-refractivity contribution in [3.05, 3.63) is 11.6 Å². The first-order valence-electron chi connectivity index (χ1n) is 11.4. The summed E-state index contributed by atoms with van der Waals surface area (Å²) in [7, 11) is 0. The number of carbonyl (C=O) groups is 3. The van der Waals surface area contributed by atoms with Crippen molar-refractivity contribution in [2.24, 2.45) is 28.6 Å². The second-order valence-electron chi connectivity index (χ2n) is 11.1. The Morgan fingerprint density at radius 3 is 2.52 bits per heavy atom. The fourth-order valence-electron chi connectivity index (χ4n) is 7.04. The van der Waals surface area contributed by atoms with Gasteiger partial charge in [0.15, 0.2) is 5.78 Å². The highest BCUT2D eigenvalue weighted by atomic mass is 16.2. The summed E-state index contributed by atoms with van der Waals surface area (Å²) in [5.41, 5.74) is -0.522. The average Bonchev–Trinajstić information content (AvgIpc) is 3.03. The summed E-state index contributed by atoms with van der Waals surface area (Å²) in [6.07, 6.45) is 10.6. The summed E-state index contributed by atoms with van der Waals surface area (Å²) in [5, 5.41) is 5.92. The molecule has 6 atom stereocenters. The largest absolute Gasteiger partial charge is 0.348 e. The van der Waals surface area contributed by atoms with Crippen molar-refractivity contribution in [3.8, 4) is 0 Å². The van der Waals surface area contributed by atoms with E-state index in [2.05, 4.69) is 24.5 Å². The number of rotatable bonds is 3. The minimum atomic E-state index is -0.985. The molecule has 1 aliphatic heterocycles. The topological polar surface area (TPSA) is 75.3 Å². The summed E-state index contributed by atoms with van der Waals surface area (Å²) in [6.45, 7) is 9.54. The van der Waals surface area contributed by atoms with E-state index >= 15 is 0 Å². The first-order chi connectivity index (χ1) is 13.5. The third-order valence-corrected chi connectivity index (χ3v) is 9.11. The van der Waals surface area contributed by atoms with Gasteiger partial charge in [-0.1, -0.05) is 26.3 Å². The Balaban J connectivity index is 1.65. The monoisotopic (exact) mass is 400 g/mol. The van der Waals surface area contributed by atoms with Gasteiger partial charge in [-0.05, 0) is 82.5 Å². The third kappa shape index (κ3) is 3.16. The lowest BCUT2D eigenvalue weighted by Crippen LogP contribution is -2.61. The van der Waals surface area contributed by atoms with Gasteiger partial charge in [-0.25, -0.2) is 0 Å². The van der Waals surface area contributed by atoms with Crippen LogP contribution in [0.25, 0.3) is 0 Å². The van der Waals surface area contributed by atoms with Crippen molar-refractivity contribution in [2.45, 2.75) is 91.1 Å². The van der Waals surface area contributed by atoms with Crippen LogP contribution in [0.4, 0.5) is 0 Å². The lowest BCUT2D eigenvalue weighted by molar-refractivity contribution is -0.131. The van der Waals surface area contributed by atoms with Crippen LogP contribution in [0.5, 0.6) is 0 Å². The molecule has 0 spiro atoms. The predicted molar refractivity (Wildman–Crippen MR) is 112 cm³/mol. The lowest BCUT2D eigenvalue weighted by atomic mass is 9.48. The van der Waals surface area contributed by atoms with Gasteiger partial charge >= 0.3 is 0 Å². The van der Waals surface area contributed by atoms with Gasteiger partial charge in [0, 0.05) is 11.5 Å². The van der Waals surface area contributed by atoms with E-state index in [0.717, 1.165) is 12.3 Å². The fraction of sp³-hybridized carbons (Fsp3) is 0.792. The van der Waals surface area contributed by atoms with Crippen molar-refractivity contribution in [2.75, 3.05) is 0 Å². The molecule has 5 nitrogen and oxygen atoms in total. The van der Waals surface area contributed by atoms with Gasteiger partial charge in [0.2, 0.25) is 0 Å². The smallest absolute Gasteiger partial charge is 0.257 e. The second-order valence-corrected chi connectivity index (χ2v) is 11.1. The molecule has 0 bridgehead atoms. The summed E-state index contributed by atoms with van der Waals surface area (Å²) in [6, 6.07) is 0.0966. The van der Waals surface area contributed by atoms with Crippen LogP contribution < -0.4 is 10.6 Å². The summed E-state index contributed by atoms with van der Waals surface area (Å²) in [5.74, 6) is 1.09. The summed E-state index contributed by atoms with van der Waals surface area (Å²) >= 11 is 0. The van der Waals surface area contributed by atoms with Crippen molar-refractivity contribution in [1.82, 2.24) is 10.6 Å². The molecule has 0 radical (unpaired) electrons. The Hall–Kier alpha value is -1.65. The van der Waals surface area contributed by atoms with Crippen LogP contribution in [0, 0.1) is 28.6 Å². The molecule has 29 heavy (non-hydrogen) atoms. The first-order valence-corrected chi connectivity index (χ1v) is 11.4. The lowest BCUT2D eigenvalue weighted by Gasteiger charge is -2.58. The van der Waals surface area contributed by atoms with E-state index in [4.69, 9.17) is 0 Å². The molecule has 2 N–H and O–H groups in total. The molecule has 5 heteroatoms. The highest BCUT2D eigenvalue weighted by molar-refractivity contribution is 6.20. The van der Waals surface area contributed by atoms with E-state index in [1.54, 1.807) is 13.8 Å². The number of hydrogen-bond donors (Lipinski definition) is 2. The molecule has 0 aromatic carbocycles. The standard InChI is InChI=1S/C24H36N2O3/c1-14(27)22(2,3)26-21(29)16-13-24(5)18-10-12-23(4)11-6-7-17(23)15(18)8-9-19(24)25-20(16)28/h13,15,17-19H,6-12H2,1-5H3,(H,25,28)(H,26,29)/t15-,17-,18+,19?,23-,24+/m0/s1. The fourth-order valence-corrected chi connectivity index (χ4v) is 7.04. The maximum absolute atomic E-state index is 12.9.